The molecular formula is C21H27N3O6S. The van der Waals surface area contributed by atoms with Crippen LogP contribution in [0.4, 0.5) is 11.4 Å². The van der Waals surface area contributed by atoms with Crippen LogP contribution in [0.1, 0.15) is 37.8 Å². The molecule has 3 rings (SSSR count). The summed E-state index contributed by atoms with van der Waals surface area (Å²) in [6.07, 6.45) is 2.57. The number of benzene rings is 2. The Kier molecular flexibility index (Phi) is 7.01. The number of anilines is 1. The summed E-state index contributed by atoms with van der Waals surface area (Å²) < 4.78 is 37.9. The number of nitro benzene ring substituents is 1. The summed E-state index contributed by atoms with van der Waals surface area (Å²) in [5.41, 5.74) is 0.674. The van der Waals surface area contributed by atoms with Crippen LogP contribution in [-0.4, -0.2) is 45.0 Å². The van der Waals surface area contributed by atoms with E-state index in [-0.39, 0.29) is 22.3 Å². The summed E-state index contributed by atoms with van der Waals surface area (Å²) in [5.74, 6) is 1.23. The summed E-state index contributed by atoms with van der Waals surface area (Å²) in [4.78, 5) is 11.1. The van der Waals surface area contributed by atoms with Gasteiger partial charge in [-0.1, -0.05) is 6.42 Å². The first-order valence-electron chi connectivity index (χ1n) is 10.0. The highest BCUT2D eigenvalue weighted by Crippen LogP contribution is 2.35. The molecule has 168 valence electrons. The molecule has 31 heavy (non-hydrogen) atoms. The van der Waals surface area contributed by atoms with Crippen molar-refractivity contribution in [2.45, 2.75) is 37.1 Å². The molecular weight excluding hydrogens is 422 g/mol. The van der Waals surface area contributed by atoms with Gasteiger partial charge < -0.3 is 14.8 Å². The summed E-state index contributed by atoms with van der Waals surface area (Å²) >= 11 is 0. The molecule has 0 amide bonds. The second-order valence-corrected chi connectivity index (χ2v) is 9.31. The number of hydrogen-bond acceptors (Lipinski definition) is 7. The van der Waals surface area contributed by atoms with Crippen molar-refractivity contribution in [2.24, 2.45) is 0 Å². The Hall–Kier alpha value is -2.85. The number of hydrogen-bond donors (Lipinski definition) is 1. The molecule has 2 aromatic rings. The molecule has 0 radical (unpaired) electrons. The third-order valence-electron chi connectivity index (χ3n) is 5.39. The van der Waals surface area contributed by atoms with E-state index in [1.54, 1.807) is 32.4 Å². The van der Waals surface area contributed by atoms with E-state index in [4.69, 9.17) is 9.47 Å². The molecule has 0 saturated carbocycles. The Morgan fingerprint density at radius 1 is 1.06 bits per heavy atom. The molecule has 1 heterocycles. The van der Waals surface area contributed by atoms with Crippen molar-refractivity contribution in [1.29, 1.82) is 0 Å². The molecule has 9 nitrogen and oxygen atoms in total. The normalized spacial score (nSPS) is 15.8. The lowest BCUT2D eigenvalue weighted by Gasteiger charge is -2.26. The van der Waals surface area contributed by atoms with E-state index in [1.807, 2.05) is 6.92 Å². The van der Waals surface area contributed by atoms with Crippen LogP contribution in [0.5, 0.6) is 11.5 Å². The van der Waals surface area contributed by atoms with Crippen LogP contribution in [0.25, 0.3) is 0 Å². The van der Waals surface area contributed by atoms with Gasteiger partial charge >= 0.3 is 0 Å². The molecule has 1 N–H and O–H groups in total. The van der Waals surface area contributed by atoms with Crippen LogP contribution in [0.15, 0.2) is 41.3 Å². The molecule has 1 fully saturated rings. The van der Waals surface area contributed by atoms with Crippen LogP contribution in [-0.2, 0) is 10.0 Å². The Morgan fingerprint density at radius 3 is 2.39 bits per heavy atom. The number of rotatable bonds is 8. The second kappa shape index (κ2) is 9.52. The van der Waals surface area contributed by atoms with Crippen molar-refractivity contribution >= 4 is 21.4 Å². The van der Waals surface area contributed by atoms with E-state index < -0.39 is 14.9 Å². The van der Waals surface area contributed by atoms with Gasteiger partial charge in [0.1, 0.15) is 17.2 Å². The molecule has 0 aromatic heterocycles. The molecule has 0 spiro atoms. The van der Waals surface area contributed by atoms with Gasteiger partial charge in [-0.15, -0.1) is 0 Å². The van der Waals surface area contributed by atoms with Crippen molar-refractivity contribution in [2.75, 3.05) is 32.6 Å². The number of piperidine rings is 1. The molecule has 2 aromatic carbocycles. The van der Waals surface area contributed by atoms with E-state index in [9.17, 15) is 18.5 Å². The molecule has 10 heteroatoms. The average Bonchev–Trinajstić information content (AvgIpc) is 2.79. The SMILES string of the molecule is COc1ccc(OC)c(C(C)Nc2ccc(S(=O)(=O)N3CCCCC3)cc2[N+](=O)[O-])c1. The predicted octanol–water partition coefficient (Wildman–Crippen LogP) is 3.96. The Bertz CT molecular complexity index is 1050. The Labute approximate surface area is 182 Å². The van der Waals surface area contributed by atoms with Gasteiger partial charge in [0, 0.05) is 24.7 Å². The molecule has 1 atom stereocenters. The average molecular weight is 450 g/mol. The van der Waals surface area contributed by atoms with E-state index in [1.165, 1.54) is 16.4 Å². The Balaban J connectivity index is 1.93. The van der Waals surface area contributed by atoms with Crippen molar-refractivity contribution in [3.05, 3.63) is 52.1 Å². The molecule has 0 bridgehead atoms. The number of nitrogens with one attached hydrogen (secondary N) is 1. The summed E-state index contributed by atoms with van der Waals surface area (Å²) in [5, 5.41) is 14.8. The maximum atomic E-state index is 12.9. The summed E-state index contributed by atoms with van der Waals surface area (Å²) in [7, 11) is -0.677. The Morgan fingerprint density at radius 2 is 1.77 bits per heavy atom. The first-order chi connectivity index (χ1) is 14.8. The topological polar surface area (TPSA) is 111 Å². The minimum atomic E-state index is -3.77. The number of nitrogens with zero attached hydrogens (tertiary/aromatic N) is 2. The third kappa shape index (κ3) is 4.91. The van der Waals surface area contributed by atoms with Gasteiger partial charge in [-0.25, -0.2) is 8.42 Å². The zero-order chi connectivity index (χ0) is 22.6. The summed E-state index contributed by atoms with van der Waals surface area (Å²) in [6, 6.07) is 8.92. The zero-order valence-corrected chi connectivity index (χ0v) is 18.6. The van der Waals surface area contributed by atoms with Gasteiger partial charge in [-0.2, -0.15) is 4.31 Å². The van der Waals surface area contributed by atoms with Crippen LogP contribution in [0.2, 0.25) is 0 Å². The fourth-order valence-electron chi connectivity index (χ4n) is 3.69. The van der Waals surface area contributed by atoms with Crippen molar-refractivity contribution in [3.63, 3.8) is 0 Å². The van der Waals surface area contributed by atoms with Crippen LogP contribution < -0.4 is 14.8 Å². The summed E-state index contributed by atoms with van der Waals surface area (Å²) in [6.45, 7) is 2.70. The molecule has 1 unspecified atom stereocenters. The second-order valence-electron chi connectivity index (χ2n) is 7.37. The molecule has 1 saturated heterocycles. The van der Waals surface area contributed by atoms with Crippen LogP contribution in [0.3, 0.4) is 0 Å². The predicted molar refractivity (Wildman–Crippen MR) is 117 cm³/mol. The van der Waals surface area contributed by atoms with E-state index >= 15 is 0 Å². The van der Waals surface area contributed by atoms with E-state index in [0.29, 0.717) is 24.6 Å². The minimum absolute atomic E-state index is 0.0711. The van der Waals surface area contributed by atoms with E-state index in [2.05, 4.69) is 5.32 Å². The van der Waals surface area contributed by atoms with Gasteiger partial charge in [0.25, 0.3) is 5.69 Å². The molecule has 0 aliphatic carbocycles. The third-order valence-corrected chi connectivity index (χ3v) is 7.29. The fraction of sp³-hybridized carbons (Fsp3) is 0.429. The lowest BCUT2D eigenvalue weighted by atomic mass is 10.1. The number of nitro groups is 1. The monoisotopic (exact) mass is 449 g/mol. The van der Waals surface area contributed by atoms with Crippen molar-refractivity contribution in [3.8, 4) is 11.5 Å². The number of methoxy groups -OCH3 is 2. The van der Waals surface area contributed by atoms with Crippen molar-refractivity contribution in [1.82, 2.24) is 4.31 Å². The molecule has 1 aliphatic rings. The lowest BCUT2D eigenvalue weighted by Crippen LogP contribution is -2.35. The minimum Gasteiger partial charge on any atom is -0.497 e. The fourth-order valence-corrected chi connectivity index (χ4v) is 5.23. The van der Waals surface area contributed by atoms with Crippen molar-refractivity contribution < 1.29 is 22.8 Å². The number of sulfonamides is 1. The standard InChI is InChI=1S/C21H27N3O6S/c1-15(18-13-16(29-2)7-10-21(18)30-3)22-19-9-8-17(14-20(19)24(25)26)31(27,28)23-11-5-4-6-12-23/h7-10,13-15,22H,4-6,11-12H2,1-3H3. The van der Waals surface area contributed by atoms with Gasteiger partial charge in [0.15, 0.2) is 0 Å². The highest BCUT2D eigenvalue weighted by molar-refractivity contribution is 7.89. The van der Waals surface area contributed by atoms with Crippen LogP contribution >= 0.6 is 0 Å². The van der Waals surface area contributed by atoms with Gasteiger partial charge in [0.05, 0.1) is 30.1 Å². The zero-order valence-electron chi connectivity index (χ0n) is 17.8. The maximum Gasteiger partial charge on any atom is 0.293 e. The van der Waals surface area contributed by atoms with Gasteiger partial charge in [-0.3, -0.25) is 10.1 Å². The largest absolute Gasteiger partial charge is 0.497 e. The highest BCUT2D eigenvalue weighted by atomic mass is 32.2. The molecule has 1 aliphatic heterocycles. The van der Waals surface area contributed by atoms with Gasteiger partial charge in [-0.05, 0) is 50.1 Å². The maximum absolute atomic E-state index is 12.9. The van der Waals surface area contributed by atoms with Gasteiger partial charge in [0.2, 0.25) is 10.0 Å². The number of ether oxygens (including phenoxy) is 2. The first-order valence-corrected chi connectivity index (χ1v) is 11.5. The first kappa shape index (κ1) is 22.8. The smallest absolute Gasteiger partial charge is 0.293 e. The van der Waals surface area contributed by atoms with Crippen LogP contribution in [0, 0.1) is 10.1 Å². The van der Waals surface area contributed by atoms with E-state index in [0.717, 1.165) is 30.9 Å². The highest BCUT2D eigenvalue weighted by Gasteiger charge is 2.29. The lowest BCUT2D eigenvalue weighted by molar-refractivity contribution is -0.384. The quantitative estimate of drug-likeness (QED) is 0.480.